The second kappa shape index (κ2) is 10.2. The van der Waals surface area contributed by atoms with Crippen molar-refractivity contribution in [2.75, 3.05) is 0 Å². The minimum absolute atomic E-state index is 0.0344. The van der Waals surface area contributed by atoms with Crippen molar-refractivity contribution in [2.24, 2.45) is 0 Å². The van der Waals surface area contributed by atoms with Gasteiger partial charge < -0.3 is 10.2 Å². The number of carbonyl (C=O) groups excluding carboxylic acids is 2. The zero-order valence-electron chi connectivity index (χ0n) is 16.4. The van der Waals surface area contributed by atoms with Gasteiger partial charge in [-0.25, -0.2) is 4.39 Å². The number of hydrogen-bond donors (Lipinski definition) is 1. The molecule has 0 aliphatic rings. The predicted molar refractivity (Wildman–Crippen MR) is 109 cm³/mol. The maximum Gasteiger partial charge on any atom is 0.243 e. The van der Waals surface area contributed by atoms with Gasteiger partial charge in [0.05, 0.1) is 6.42 Å². The van der Waals surface area contributed by atoms with E-state index in [-0.39, 0.29) is 36.6 Å². The van der Waals surface area contributed by atoms with Gasteiger partial charge in [0.25, 0.3) is 0 Å². The number of nitrogens with one attached hydrogen (secondary N) is 1. The van der Waals surface area contributed by atoms with Crippen molar-refractivity contribution in [3.63, 3.8) is 0 Å². The van der Waals surface area contributed by atoms with Crippen LogP contribution in [0, 0.1) is 5.82 Å². The SMILES string of the molecule is CC[C@@H](C(=O)NC(C)C)N(Cc1ccc(F)cc1)C(=O)Cc1ccccc1Cl. The number of halogens is 2. The normalized spacial score (nSPS) is 11.9. The van der Waals surface area contributed by atoms with E-state index in [0.717, 1.165) is 5.56 Å². The molecule has 28 heavy (non-hydrogen) atoms. The molecule has 0 radical (unpaired) electrons. The molecule has 0 unspecified atom stereocenters. The van der Waals surface area contributed by atoms with Crippen LogP contribution in [0.4, 0.5) is 4.39 Å². The van der Waals surface area contributed by atoms with Crippen molar-refractivity contribution in [1.82, 2.24) is 10.2 Å². The summed E-state index contributed by atoms with van der Waals surface area (Å²) >= 11 is 6.20. The minimum atomic E-state index is -0.623. The minimum Gasteiger partial charge on any atom is -0.352 e. The summed E-state index contributed by atoms with van der Waals surface area (Å²) in [4.78, 5) is 27.4. The molecule has 2 amide bonds. The van der Waals surface area contributed by atoms with Crippen LogP contribution in [-0.4, -0.2) is 28.8 Å². The molecule has 0 saturated heterocycles. The summed E-state index contributed by atoms with van der Waals surface area (Å²) < 4.78 is 13.3. The molecule has 6 heteroatoms. The van der Waals surface area contributed by atoms with Gasteiger partial charge in [0.15, 0.2) is 0 Å². The lowest BCUT2D eigenvalue weighted by atomic mass is 10.1. The average molecular weight is 405 g/mol. The van der Waals surface area contributed by atoms with E-state index in [9.17, 15) is 14.0 Å². The molecule has 0 aliphatic carbocycles. The van der Waals surface area contributed by atoms with Gasteiger partial charge in [-0.2, -0.15) is 0 Å². The smallest absolute Gasteiger partial charge is 0.243 e. The Morgan fingerprint density at radius 1 is 1.11 bits per heavy atom. The van der Waals surface area contributed by atoms with Gasteiger partial charge in [-0.05, 0) is 49.6 Å². The summed E-state index contributed by atoms with van der Waals surface area (Å²) in [6.45, 7) is 5.83. The van der Waals surface area contributed by atoms with E-state index in [1.165, 1.54) is 12.1 Å². The monoisotopic (exact) mass is 404 g/mol. The van der Waals surface area contributed by atoms with Crippen molar-refractivity contribution in [3.05, 3.63) is 70.5 Å². The van der Waals surface area contributed by atoms with Crippen LogP contribution in [0.25, 0.3) is 0 Å². The molecule has 0 aromatic heterocycles. The summed E-state index contributed by atoms with van der Waals surface area (Å²) in [5.41, 5.74) is 1.46. The van der Waals surface area contributed by atoms with Gasteiger partial charge in [-0.3, -0.25) is 9.59 Å². The van der Waals surface area contributed by atoms with Gasteiger partial charge in [-0.1, -0.05) is 48.9 Å². The molecule has 2 rings (SSSR count). The molecule has 1 atom stereocenters. The van der Waals surface area contributed by atoms with Gasteiger partial charge >= 0.3 is 0 Å². The Morgan fingerprint density at radius 2 is 1.75 bits per heavy atom. The number of carbonyl (C=O) groups is 2. The Labute approximate surface area is 170 Å². The van der Waals surface area contributed by atoms with E-state index >= 15 is 0 Å². The van der Waals surface area contributed by atoms with E-state index in [4.69, 9.17) is 11.6 Å². The van der Waals surface area contributed by atoms with Gasteiger partial charge in [0, 0.05) is 17.6 Å². The van der Waals surface area contributed by atoms with Crippen LogP contribution in [-0.2, 0) is 22.6 Å². The molecule has 0 saturated carbocycles. The lowest BCUT2D eigenvalue weighted by molar-refractivity contribution is -0.141. The lowest BCUT2D eigenvalue weighted by Gasteiger charge is -2.31. The Balaban J connectivity index is 2.30. The van der Waals surface area contributed by atoms with Crippen LogP contribution in [0.15, 0.2) is 48.5 Å². The fraction of sp³-hybridized carbons (Fsp3) is 0.364. The summed E-state index contributed by atoms with van der Waals surface area (Å²) in [5.74, 6) is -0.752. The van der Waals surface area contributed by atoms with Gasteiger partial charge in [-0.15, -0.1) is 0 Å². The second-order valence-corrected chi connectivity index (χ2v) is 7.41. The highest BCUT2D eigenvalue weighted by atomic mass is 35.5. The zero-order chi connectivity index (χ0) is 20.7. The maximum absolute atomic E-state index is 13.3. The van der Waals surface area contributed by atoms with Crippen LogP contribution in [0.5, 0.6) is 0 Å². The summed E-state index contributed by atoms with van der Waals surface area (Å²) in [5, 5.41) is 3.39. The Hall–Kier alpha value is -2.40. The third-order valence-electron chi connectivity index (χ3n) is 4.38. The van der Waals surface area contributed by atoms with Crippen LogP contribution in [0.2, 0.25) is 5.02 Å². The lowest BCUT2D eigenvalue weighted by Crippen LogP contribution is -2.50. The molecule has 0 fully saturated rings. The summed E-state index contributed by atoms with van der Waals surface area (Å²) in [6.07, 6.45) is 0.556. The van der Waals surface area contributed by atoms with Crippen molar-refractivity contribution in [1.29, 1.82) is 0 Å². The first-order valence-electron chi connectivity index (χ1n) is 9.39. The molecule has 0 aliphatic heterocycles. The molecular formula is C22H26ClFN2O2. The molecule has 4 nitrogen and oxygen atoms in total. The highest BCUT2D eigenvalue weighted by Crippen LogP contribution is 2.19. The number of rotatable bonds is 8. The van der Waals surface area contributed by atoms with E-state index in [0.29, 0.717) is 17.0 Å². The van der Waals surface area contributed by atoms with Crippen molar-refractivity contribution in [3.8, 4) is 0 Å². The van der Waals surface area contributed by atoms with Crippen LogP contribution < -0.4 is 5.32 Å². The molecule has 2 aromatic carbocycles. The third kappa shape index (κ3) is 6.06. The number of amides is 2. The fourth-order valence-corrected chi connectivity index (χ4v) is 3.20. The first kappa shape index (κ1) is 21.9. The van der Waals surface area contributed by atoms with Crippen LogP contribution >= 0.6 is 11.6 Å². The van der Waals surface area contributed by atoms with E-state index < -0.39 is 6.04 Å². The molecule has 1 N–H and O–H groups in total. The topological polar surface area (TPSA) is 49.4 Å². The van der Waals surface area contributed by atoms with E-state index in [1.807, 2.05) is 26.8 Å². The molecular weight excluding hydrogens is 379 g/mol. The first-order chi connectivity index (χ1) is 13.3. The van der Waals surface area contributed by atoms with Crippen molar-refractivity contribution >= 4 is 23.4 Å². The quantitative estimate of drug-likeness (QED) is 0.710. The largest absolute Gasteiger partial charge is 0.352 e. The number of hydrogen-bond acceptors (Lipinski definition) is 2. The highest BCUT2D eigenvalue weighted by Gasteiger charge is 2.29. The summed E-state index contributed by atoms with van der Waals surface area (Å²) in [6, 6.07) is 12.4. The van der Waals surface area contributed by atoms with E-state index in [1.54, 1.807) is 35.2 Å². The fourth-order valence-electron chi connectivity index (χ4n) is 2.99. The van der Waals surface area contributed by atoms with Gasteiger partial charge in [0.2, 0.25) is 11.8 Å². The highest BCUT2D eigenvalue weighted by molar-refractivity contribution is 6.31. The number of benzene rings is 2. The third-order valence-corrected chi connectivity index (χ3v) is 4.75. The number of nitrogens with zero attached hydrogens (tertiary/aromatic N) is 1. The first-order valence-corrected chi connectivity index (χ1v) is 9.77. The predicted octanol–water partition coefficient (Wildman–Crippen LogP) is 4.35. The molecule has 150 valence electrons. The zero-order valence-corrected chi connectivity index (χ0v) is 17.2. The Morgan fingerprint density at radius 3 is 2.32 bits per heavy atom. The molecule has 0 spiro atoms. The Bertz CT molecular complexity index is 808. The van der Waals surface area contributed by atoms with E-state index in [2.05, 4.69) is 5.32 Å². The maximum atomic E-state index is 13.3. The average Bonchev–Trinajstić information content (AvgIpc) is 2.64. The second-order valence-electron chi connectivity index (χ2n) is 7.00. The Kier molecular flexibility index (Phi) is 8.00. The van der Waals surface area contributed by atoms with Crippen molar-refractivity contribution in [2.45, 2.75) is 52.2 Å². The molecule has 0 bridgehead atoms. The standard InChI is InChI=1S/C22H26ClFN2O2/c1-4-20(22(28)25-15(2)3)26(14-16-9-11-18(24)12-10-16)21(27)13-17-7-5-6-8-19(17)23/h5-12,15,20H,4,13-14H2,1-3H3,(H,25,28)/t20-/m0/s1. The summed E-state index contributed by atoms with van der Waals surface area (Å²) in [7, 11) is 0. The van der Waals surface area contributed by atoms with Crippen LogP contribution in [0.1, 0.15) is 38.3 Å². The van der Waals surface area contributed by atoms with Crippen molar-refractivity contribution < 1.29 is 14.0 Å². The molecule has 0 heterocycles. The molecule has 2 aromatic rings. The van der Waals surface area contributed by atoms with Gasteiger partial charge in [0.1, 0.15) is 11.9 Å². The van der Waals surface area contributed by atoms with Crippen LogP contribution in [0.3, 0.4) is 0 Å².